The van der Waals surface area contributed by atoms with Gasteiger partial charge in [-0.1, -0.05) is 31.8 Å². The van der Waals surface area contributed by atoms with Crippen molar-refractivity contribution in [2.45, 2.75) is 57.9 Å². The Morgan fingerprint density at radius 1 is 1.14 bits per heavy atom. The summed E-state index contributed by atoms with van der Waals surface area (Å²) >= 11 is 0. The van der Waals surface area contributed by atoms with E-state index >= 15 is 0 Å². The van der Waals surface area contributed by atoms with E-state index in [4.69, 9.17) is 4.74 Å². The monoisotopic (exact) mass is 387 g/mol. The van der Waals surface area contributed by atoms with Gasteiger partial charge in [0, 0.05) is 29.4 Å². The van der Waals surface area contributed by atoms with Gasteiger partial charge in [0.25, 0.3) is 0 Å². The molecule has 0 amide bonds. The molecule has 0 spiro atoms. The molecule has 2 aromatic rings. The second-order valence-electron chi connectivity index (χ2n) is 8.93. The van der Waals surface area contributed by atoms with Crippen molar-refractivity contribution < 1.29 is 9.53 Å². The van der Waals surface area contributed by atoms with E-state index in [-0.39, 0.29) is 11.4 Å². The van der Waals surface area contributed by atoms with Crippen LogP contribution in [-0.4, -0.2) is 25.7 Å². The molecule has 0 saturated heterocycles. The summed E-state index contributed by atoms with van der Waals surface area (Å²) in [6.45, 7) is 7.86. The van der Waals surface area contributed by atoms with Crippen LogP contribution in [-0.2, 0) is 21.4 Å². The predicted molar refractivity (Wildman–Crippen MR) is 117 cm³/mol. The zero-order valence-corrected chi connectivity index (χ0v) is 17.8. The van der Waals surface area contributed by atoms with Crippen molar-refractivity contribution in [2.24, 2.45) is 0 Å². The van der Waals surface area contributed by atoms with Crippen molar-refractivity contribution in [1.82, 2.24) is 0 Å². The van der Waals surface area contributed by atoms with E-state index in [1.165, 1.54) is 37.6 Å². The number of nitrogens with zero attached hydrogens (tertiary/aromatic N) is 1. The van der Waals surface area contributed by atoms with Crippen LogP contribution in [0.4, 0.5) is 5.69 Å². The molecule has 150 valence electrons. The van der Waals surface area contributed by atoms with Crippen molar-refractivity contribution in [3.8, 4) is 11.8 Å². The first-order valence-electron chi connectivity index (χ1n) is 10.5. The van der Waals surface area contributed by atoms with Gasteiger partial charge in [-0.15, -0.1) is 0 Å². The molecule has 1 saturated carbocycles. The molecule has 1 fully saturated rings. The number of methoxy groups -OCH3 is 1. The minimum atomic E-state index is -0.219. The molecule has 4 rings (SSSR count). The maximum absolute atomic E-state index is 11.5. The number of rotatable bonds is 3. The van der Waals surface area contributed by atoms with Gasteiger partial charge in [0.2, 0.25) is 0 Å². The highest BCUT2D eigenvalue weighted by Gasteiger charge is 2.37. The fraction of sp³-hybridized carbons (Fsp3) is 0.423. The lowest BCUT2D eigenvalue weighted by Gasteiger charge is -2.40. The number of carbonyl (C=O) groups excluding carboxylic acids is 1. The molecule has 1 aliphatic carbocycles. The van der Waals surface area contributed by atoms with Gasteiger partial charge in [-0.05, 0) is 78.6 Å². The molecule has 3 heteroatoms. The lowest BCUT2D eigenvalue weighted by molar-refractivity contribution is -0.139. The molecule has 0 atom stereocenters. The van der Waals surface area contributed by atoms with E-state index < -0.39 is 0 Å². The number of carbonyl (C=O) groups is 1. The number of esters is 1. The molecule has 0 bridgehead atoms. The molecular weight excluding hydrogens is 358 g/mol. The van der Waals surface area contributed by atoms with Gasteiger partial charge in [-0.2, -0.15) is 0 Å². The first kappa shape index (κ1) is 19.6. The highest BCUT2D eigenvalue weighted by molar-refractivity contribution is 5.73. The summed E-state index contributed by atoms with van der Waals surface area (Å²) in [7, 11) is 1.42. The number of fused-ring (bicyclic) bond motifs is 1. The average molecular weight is 388 g/mol. The van der Waals surface area contributed by atoms with Crippen molar-refractivity contribution in [1.29, 1.82) is 0 Å². The summed E-state index contributed by atoms with van der Waals surface area (Å²) in [4.78, 5) is 14.1. The SMILES string of the molecule is COC(=O)Cc1ccc(C#Cc2ccc3c(c2)C(C)(C)CCN3C2CC2)cc1C. The zero-order valence-electron chi connectivity index (χ0n) is 17.8. The molecule has 0 unspecified atom stereocenters. The standard InChI is InChI=1S/C26H29NO2/c1-18-15-19(7-9-21(18)17-25(28)29-4)5-6-20-8-12-24-23(16-20)26(2,3)13-14-27(24)22-10-11-22/h7-9,12,15-16,22H,10-11,13-14,17H2,1-4H3. The molecule has 1 heterocycles. The second kappa shape index (κ2) is 7.59. The number of hydrogen-bond acceptors (Lipinski definition) is 3. The Kier molecular flexibility index (Phi) is 5.13. The Morgan fingerprint density at radius 2 is 1.83 bits per heavy atom. The molecule has 3 nitrogen and oxygen atoms in total. The molecule has 0 N–H and O–H groups in total. The van der Waals surface area contributed by atoms with Crippen LogP contribution in [0.1, 0.15) is 60.9 Å². The molecule has 1 aliphatic heterocycles. The van der Waals surface area contributed by atoms with Gasteiger partial charge in [0.15, 0.2) is 0 Å². The predicted octanol–water partition coefficient (Wildman–Crippen LogP) is 4.76. The van der Waals surface area contributed by atoms with E-state index in [1.54, 1.807) is 0 Å². The van der Waals surface area contributed by atoms with Gasteiger partial charge in [-0.25, -0.2) is 0 Å². The van der Waals surface area contributed by atoms with Crippen LogP contribution in [0.15, 0.2) is 36.4 Å². The van der Waals surface area contributed by atoms with Crippen LogP contribution in [0.2, 0.25) is 0 Å². The van der Waals surface area contributed by atoms with Crippen LogP contribution < -0.4 is 4.90 Å². The Morgan fingerprint density at radius 3 is 2.48 bits per heavy atom. The van der Waals surface area contributed by atoms with Gasteiger partial charge in [-0.3, -0.25) is 4.79 Å². The third kappa shape index (κ3) is 4.17. The summed E-state index contributed by atoms with van der Waals surface area (Å²) < 4.78 is 4.76. The summed E-state index contributed by atoms with van der Waals surface area (Å²) in [6.07, 6.45) is 4.14. The normalized spacial score (nSPS) is 17.2. The van der Waals surface area contributed by atoms with E-state index in [1.807, 2.05) is 25.1 Å². The van der Waals surface area contributed by atoms with E-state index in [0.717, 1.165) is 34.8 Å². The van der Waals surface area contributed by atoms with Crippen molar-refractivity contribution >= 4 is 11.7 Å². The quantitative estimate of drug-likeness (QED) is 0.562. The second-order valence-corrected chi connectivity index (χ2v) is 8.93. The molecule has 0 radical (unpaired) electrons. The summed E-state index contributed by atoms with van der Waals surface area (Å²) in [5, 5.41) is 0. The minimum Gasteiger partial charge on any atom is -0.469 e. The van der Waals surface area contributed by atoms with Gasteiger partial charge in [0.05, 0.1) is 13.5 Å². The highest BCUT2D eigenvalue weighted by Crippen LogP contribution is 2.44. The van der Waals surface area contributed by atoms with Gasteiger partial charge in [0.1, 0.15) is 0 Å². The highest BCUT2D eigenvalue weighted by atomic mass is 16.5. The molecule has 2 aliphatic rings. The smallest absolute Gasteiger partial charge is 0.309 e. The molecular formula is C26H29NO2. The first-order valence-corrected chi connectivity index (χ1v) is 10.5. The number of anilines is 1. The van der Waals surface area contributed by atoms with Crippen molar-refractivity contribution in [3.63, 3.8) is 0 Å². The fourth-order valence-corrected chi connectivity index (χ4v) is 4.17. The van der Waals surface area contributed by atoms with Gasteiger partial charge < -0.3 is 9.64 Å². The topological polar surface area (TPSA) is 29.5 Å². The minimum absolute atomic E-state index is 0.185. The first-order chi connectivity index (χ1) is 13.9. The Labute approximate surface area is 174 Å². The molecule has 29 heavy (non-hydrogen) atoms. The summed E-state index contributed by atoms with van der Waals surface area (Å²) in [6, 6.07) is 13.4. The molecule has 0 aromatic heterocycles. The Bertz CT molecular complexity index is 1010. The third-order valence-corrected chi connectivity index (χ3v) is 6.26. The summed E-state index contributed by atoms with van der Waals surface area (Å²) in [5.74, 6) is 6.43. The van der Waals surface area contributed by atoms with E-state index in [2.05, 4.69) is 48.8 Å². The Hall–Kier alpha value is -2.73. The average Bonchev–Trinajstić information content (AvgIpc) is 3.53. The number of ether oxygens (including phenoxy) is 1. The maximum atomic E-state index is 11.5. The van der Waals surface area contributed by atoms with E-state index in [9.17, 15) is 4.79 Å². The fourth-order valence-electron chi connectivity index (χ4n) is 4.17. The van der Waals surface area contributed by atoms with Crippen molar-refractivity contribution in [2.75, 3.05) is 18.6 Å². The number of hydrogen-bond donors (Lipinski definition) is 0. The van der Waals surface area contributed by atoms with E-state index in [0.29, 0.717) is 6.42 Å². The maximum Gasteiger partial charge on any atom is 0.309 e. The third-order valence-electron chi connectivity index (χ3n) is 6.26. The zero-order chi connectivity index (χ0) is 20.6. The van der Waals surface area contributed by atoms with Crippen molar-refractivity contribution in [3.05, 3.63) is 64.2 Å². The van der Waals surface area contributed by atoms with Crippen LogP contribution in [0.3, 0.4) is 0 Å². The van der Waals surface area contributed by atoms with Crippen LogP contribution >= 0.6 is 0 Å². The largest absolute Gasteiger partial charge is 0.469 e. The molecule has 2 aromatic carbocycles. The van der Waals surface area contributed by atoms with Crippen LogP contribution in [0.5, 0.6) is 0 Å². The van der Waals surface area contributed by atoms with Gasteiger partial charge >= 0.3 is 5.97 Å². The number of benzene rings is 2. The summed E-state index contributed by atoms with van der Waals surface area (Å²) in [5.41, 5.74) is 7.08. The lowest BCUT2D eigenvalue weighted by atomic mass is 9.77. The van der Waals surface area contributed by atoms with Crippen LogP contribution in [0.25, 0.3) is 0 Å². The number of aryl methyl sites for hydroxylation is 1. The van der Waals surface area contributed by atoms with Crippen LogP contribution in [0, 0.1) is 18.8 Å². The lowest BCUT2D eigenvalue weighted by Crippen LogP contribution is -2.38. The Balaban J connectivity index is 1.59.